The van der Waals surface area contributed by atoms with Crippen LogP contribution >= 0.6 is 11.8 Å². The van der Waals surface area contributed by atoms with Gasteiger partial charge in [-0.1, -0.05) is 31.3 Å². The summed E-state index contributed by atoms with van der Waals surface area (Å²) in [6, 6.07) is 4.63. The van der Waals surface area contributed by atoms with Gasteiger partial charge in [0.05, 0.1) is 12.1 Å². The molecule has 0 fully saturated rings. The van der Waals surface area contributed by atoms with Gasteiger partial charge in [0.15, 0.2) is 0 Å². The Morgan fingerprint density at radius 3 is 2.41 bits per heavy atom. The first kappa shape index (κ1) is 27.6. The number of aliphatic hydroxyl groups excluding tert-OH is 1. The summed E-state index contributed by atoms with van der Waals surface area (Å²) in [5.41, 5.74) is 0.0550. The zero-order valence-corrected chi connectivity index (χ0v) is 20.6. The van der Waals surface area contributed by atoms with Gasteiger partial charge >= 0.3 is 12.1 Å². The predicted molar refractivity (Wildman–Crippen MR) is 129 cm³/mol. The van der Waals surface area contributed by atoms with Gasteiger partial charge in [0.2, 0.25) is 0 Å². The molecule has 1 amide bonds. The van der Waals surface area contributed by atoms with Crippen molar-refractivity contribution in [2.75, 3.05) is 19.7 Å². The van der Waals surface area contributed by atoms with E-state index >= 15 is 0 Å². The molecule has 0 spiro atoms. The van der Waals surface area contributed by atoms with Gasteiger partial charge in [-0.15, -0.1) is 0 Å². The molecule has 0 radical (unpaired) electrons. The van der Waals surface area contributed by atoms with E-state index in [1.165, 1.54) is 28.8 Å². The molecule has 0 saturated carbocycles. The Kier molecular flexibility index (Phi) is 10.8. The molecule has 0 unspecified atom stereocenters. The van der Waals surface area contributed by atoms with Crippen LogP contribution in [0.2, 0.25) is 0 Å². The standard InChI is InChI=1S/C24H35NO6S/c1-8-10-25(23(29)31-24(5,6)7)14-20(26)15-30-21-12-18(11-19(13-21)22(27)28)17(4)32-16(3)9-2/h9,11-13,20,26H,4,8,10,14-15H2,1-3,5-7H3,(H,27,28)/b16-9-/t20-/m0/s1. The second-order valence-electron chi connectivity index (χ2n) is 8.37. The fourth-order valence-electron chi connectivity index (χ4n) is 2.63. The van der Waals surface area contributed by atoms with E-state index in [0.717, 1.165) is 4.91 Å². The number of benzene rings is 1. The van der Waals surface area contributed by atoms with Crippen molar-refractivity contribution in [3.63, 3.8) is 0 Å². The predicted octanol–water partition coefficient (Wildman–Crippen LogP) is 5.40. The maximum absolute atomic E-state index is 12.4. The summed E-state index contributed by atoms with van der Waals surface area (Å²) in [5, 5.41) is 19.9. The minimum atomic E-state index is -1.09. The first-order valence-electron chi connectivity index (χ1n) is 10.5. The minimum absolute atomic E-state index is 0.0390. The van der Waals surface area contributed by atoms with Crippen molar-refractivity contribution < 1.29 is 29.3 Å². The molecule has 0 aliphatic rings. The normalized spacial score (nSPS) is 12.8. The van der Waals surface area contributed by atoms with E-state index in [1.807, 2.05) is 26.8 Å². The maximum Gasteiger partial charge on any atom is 0.410 e. The average molecular weight is 466 g/mol. The molecule has 0 aromatic heterocycles. The number of carboxylic acid groups (broad SMARTS) is 1. The molecule has 0 bridgehead atoms. The van der Waals surface area contributed by atoms with E-state index in [9.17, 15) is 19.8 Å². The molecule has 7 nitrogen and oxygen atoms in total. The monoisotopic (exact) mass is 465 g/mol. The molecule has 1 rings (SSSR count). The van der Waals surface area contributed by atoms with Gasteiger partial charge in [-0.25, -0.2) is 9.59 Å². The van der Waals surface area contributed by atoms with Crippen molar-refractivity contribution in [3.05, 3.63) is 46.9 Å². The number of carbonyl (C=O) groups is 2. The van der Waals surface area contributed by atoms with E-state index < -0.39 is 23.8 Å². The Labute approximate surface area is 195 Å². The highest BCUT2D eigenvalue weighted by Crippen LogP contribution is 2.34. The first-order chi connectivity index (χ1) is 14.9. The molecular formula is C24H35NO6S. The maximum atomic E-state index is 12.4. The summed E-state index contributed by atoms with van der Waals surface area (Å²) in [6.45, 7) is 15.5. The number of carbonyl (C=O) groups excluding carboxylic acids is 1. The summed E-state index contributed by atoms with van der Waals surface area (Å²) >= 11 is 1.44. The summed E-state index contributed by atoms with van der Waals surface area (Å²) < 4.78 is 11.1. The molecule has 1 atom stereocenters. The van der Waals surface area contributed by atoms with E-state index in [-0.39, 0.29) is 18.7 Å². The smallest absolute Gasteiger partial charge is 0.410 e. The van der Waals surface area contributed by atoms with Gasteiger partial charge in [0.1, 0.15) is 24.1 Å². The lowest BCUT2D eigenvalue weighted by atomic mass is 10.1. The molecule has 8 heteroatoms. The van der Waals surface area contributed by atoms with E-state index in [1.54, 1.807) is 26.8 Å². The fraction of sp³-hybridized carbons (Fsp3) is 0.500. The van der Waals surface area contributed by atoms with Crippen LogP contribution in [0.25, 0.3) is 4.91 Å². The van der Waals surface area contributed by atoms with Crippen molar-refractivity contribution in [2.45, 2.75) is 59.7 Å². The molecule has 32 heavy (non-hydrogen) atoms. The van der Waals surface area contributed by atoms with Crippen LogP contribution in [0.5, 0.6) is 5.75 Å². The van der Waals surface area contributed by atoms with Crippen LogP contribution in [0.4, 0.5) is 4.79 Å². The van der Waals surface area contributed by atoms with Crippen LogP contribution in [0.3, 0.4) is 0 Å². The lowest BCUT2D eigenvalue weighted by Crippen LogP contribution is -2.42. The molecule has 178 valence electrons. The Balaban J connectivity index is 2.91. The van der Waals surface area contributed by atoms with E-state index in [4.69, 9.17) is 9.47 Å². The molecule has 1 aromatic carbocycles. The van der Waals surface area contributed by atoms with Crippen molar-refractivity contribution in [1.82, 2.24) is 4.90 Å². The topological polar surface area (TPSA) is 96.3 Å². The number of aromatic carboxylic acids is 1. The van der Waals surface area contributed by atoms with Crippen LogP contribution in [0, 0.1) is 0 Å². The van der Waals surface area contributed by atoms with Crippen LogP contribution in [0.1, 0.15) is 63.9 Å². The molecule has 2 N–H and O–H groups in total. The molecule has 0 saturated heterocycles. The minimum Gasteiger partial charge on any atom is -0.491 e. The average Bonchev–Trinajstić information content (AvgIpc) is 2.70. The molecule has 1 aromatic rings. The number of hydrogen-bond acceptors (Lipinski definition) is 6. The summed E-state index contributed by atoms with van der Waals surface area (Å²) in [5.74, 6) is -0.782. The third kappa shape index (κ3) is 9.78. The molecular weight excluding hydrogens is 430 g/mol. The second kappa shape index (κ2) is 12.6. The third-order valence-corrected chi connectivity index (χ3v) is 5.22. The van der Waals surface area contributed by atoms with Gasteiger partial charge in [0.25, 0.3) is 0 Å². The van der Waals surface area contributed by atoms with E-state index in [0.29, 0.717) is 29.2 Å². The number of carboxylic acids is 1. The van der Waals surface area contributed by atoms with Crippen molar-refractivity contribution in [2.24, 2.45) is 0 Å². The van der Waals surface area contributed by atoms with Crippen molar-refractivity contribution in [1.29, 1.82) is 0 Å². The summed E-state index contributed by atoms with van der Waals surface area (Å²) in [4.78, 5) is 27.1. The van der Waals surface area contributed by atoms with Gasteiger partial charge < -0.3 is 24.6 Å². The number of allylic oxidation sites excluding steroid dienone is 2. The van der Waals surface area contributed by atoms with Gasteiger partial charge in [-0.3, -0.25) is 0 Å². The fourth-order valence-corrected chi connectivity index (χ4v) is 3.37. The Morgan fingerprint density at radius 2 is 1.88 bits per heavy atom. The summed E-state index contributed by atoms with van der Waals surface area (Å²) in [6.07, 6.45) is 1.18. The number of ether oxygens (including phenoxy) is 2. The van der Waals surface area contributed by atoms with Crippen LogP contribution < -0.4 is 4.74 Å². The number of hydrogen-bond donors (Lipinski definition) is 2. The number of amides is 1. The molecule has 0 aliphatic carbocycles. The zero-order valence-electron chi connectivity index (χ0n) is 19.8. The van der Waals surface area contributed by atoms with Gasteiger partial charge in [-0.2, -0.15) is 0 Å². The highest BCUT2D eigenvalue weighted by Gasteiger charge is 2.24. The van der Waals surface area contributed by atoms with Crippen LogP contribution in [-0.2, 0) is 4.74 Å². The van der Waals surface area contributed by atoms with E-state index in [2.05, 4.69) is 6.58 Å². The van der Waals surface area contributed by atoms with Gasteiger partial charge in [0, 0.05) is 11.4 Å². The Morgan fingerprint density at radius 1 is 1.25 bits per heavy atom. The Hall–Kier alpha value is -2.45. The number of rotatable bonds is 11. The lowest BCUT2D eigenvalue weighted by Gasteiger charge is -2.28. The quantitative estimate of drug-likeness (QED) is 0.452. The highest BCUT2D eigenvalue weighted by atomic mass is 32.2. The number of aliphatic hydroxyl groups is 1. The van der Waals surface area contributed by atoms with Crippen LogP contribution in [-0.4, -0.2) is 58.6 Å². The first-order valence-corrected chi connectivity index (χ1v) is 11.3. The summed E-state index contributed by atoms with van der Waals surface area (Å²) in [7, 11) is 0. The number of nitrogens with zero attached hydrogens (tertiary/aromatic N) is 1. The Bertz CT molecular complexity index is 843. The second-order valence-corrected chi connectivity index (χ2v) is 9.71. The molecule has 0 aliphatic heterocycles. The largest absolute Gasteiger partial charge is 0.491 e. The van der Waals surface area contributed by atoms with Gasteiger partial charge in [-0.05, 0) is 69.7 Å². The van der Waals surface area contributed by atoms with Crippen LogP contribution in [0.15, 0.2) is 35.8 Å². The van der Waals surface area contributed by atoms with Crippen molar-refractivity contribution in [3.8, 4) is 5.75 Å². The highest BCUT2D eigenvalue weighted by molar-refractivity contribution is 8.11. The third-order valence-electron chi connectivity index (χ3n) is 4.18. The molecule has 0 heterocycles. The zero-order chi connectivity index (χ0) is 24.5. The van der Waals surface area contributed by atoms with Crippen molar-refractivity contribution >= 4 is 28.7 Å². The number of thioether (sulfide) groups is 1. The lowest BCUT2D eigenvalue weighted by molar-refractivity contribution is 0.00917. The SMILES string of the molecule is C=C(S/C(C)=C\C)c1cc(OC[C@@H](O)CN(CCC)C(=O)OC(C)(C)C)cc(C(=O)O)c1.